The van der Waals surface area contributed by atoms with Crippen molar-refractivity contribution >= 4 is 0 Å². The van der Waals surface area contributed by atoms with Crippen LogP contribution in [0.5, 0.6) is 5.75 Å². The maximum absolute atomic E-state index is 5.99. The fourth-order valence-electron chi connectivity index (χ4n) is 2.44. The van der Waals surface area contributed by atoms with Crippen molar-refractivity contribution in [2.75, 3.05) is 26.2 Å². The number of nitrogens with zero attached hydrogens (tertiary/aromatic N) is 2. The minimum absolute atomic E-state index is 0.466. The number of nitrogens with one attached hydrogen (secondary N) is 1. The molecule has 1 saturated heterocycles. The topological polar surface area (TPSA) is 37.4 Å². The van der Waals surface area contributed by atoms with Gasteiger partial charge in [-0.2, -0.15) is 0 Å². The summed E-state index contributed by atoms with van der Waals surface area (Å²) in [4.78, 5) is 6.85. The molecule has 1 aliphatic heterocycles. The van der Waals surface area contributed by atoms with Gasteiger partial charge < -0.3 is 10.1 Å². The van der Waals surface area contributed by atoms with Gasteiger partial charge in [0.2, 0.25) is 0 Å². The molecule has 0 atom stereocenters. The second-order valence-electron chi connectivity index (χ2n) is 5.87. The fourth-order valence-corrected chi connectivity index (χ4v) is 2.44. The standard InChI is InChI=1S/C16H27N3O/c1-13(2)17-11-15-12-18-14(3)10-16(15)20-9-8-19-6-4-5-7-19/h10,12-13,17H,4-9,11H2,1-3H3. The average molecular weight is 277 g/mol. The van der Waals surface area contributed by atoms with E-state index in [1.807, 2.05) is 19.2 Å². The number of ether oxygens (including phenoxy) is 1. The molecule has 0 radical (unpaired) electrons. The van der Waals surface area contributed by atoms with E-state index in [2.05, 4.69) is 29.0 Å². The molecular formula is C16H27N3O. The van der Waals surface area contributed by atoms with Gasteiger partial charge in [-0.25, -0.2) is 0 Å². The van der Waals surface area contributed by atoms with Gasteiger partial charge in [0.05, 0.1) is 0 Å². The van der Waals surface area contributed by atoms with Crippen LogP contribution >= 0.6 is 0 Å². The fraction of sp³-hybridized carbons (Fsp3) is 0.688. The Labute approximate surface area is 122 Å². The van der Waals surface area contributed by atoms with Crippen LogP contribution in [0.3, 0.4) is 0 Å². The predicted molar refractivity (Wildman–Crippen MR) is 82.1 cm³/mol. The van der Waals surface area contributed by atoms with Crippen LogP contribution in [-0.2, 0) is 6.54 Å². The summed E-state index contributed by atoms with van der Waals surface area (Å²) < 4.78 is 5.99. The molecule has 4 heteroatoms. The van der Waals surface area contributed by atoms with Gasteiger partial charge in [-0.15, -0.1) is 0 Å². The van der Waals surface area contributed by atoms with Gasteiger partial charge in [-0.05, 0) is 32.9 Å². The van der Waals surface area contributed by atoms with Crippen LogP contribution in [0.25, 0.3) is 0 Å². The van der Waals surface area contributed by atoms with E-state index >= 15 is 0 Å². The summed E-state index contributed by atoms with van der Waals surface area (Å²) in [6.45, 7) is 11.3. The van der Waals surface area contributed by atoms with E-state index in [-0.39, 0.29) is 0 Å². The van der Waals surface area contributed by atoms with Crippen molar-refractivity contribution < 1.29 is 4.74 Å². The summed E-state index contributed by atoms with van der Waals surface area (Å²) in [5, 5.41) is 3.42. The van der Waals surface area contributed by atoms with Crippen molar-refractivity contribution in [1.29, 1.82) is 0 Å². The van der Waals surface area contributed by atoms with Crippen LogP contribution in [0.15, 0.2) is 12.3 Å². The zero-order chi connectivity index (χ0) is 14.4. The van der Waals surface area contributed by atoms with E-state index in [1.54, 1.807) is 0 Å². The third kappa shape index (κ3) is 4.76. The molecule has 20 heavy (non-hydrogen) atoms. The molecule has 1 N–H and O–H groups in total. The first kappa shape index (κ1) is 15.3. The summed E-state index contributed by atoms with van der Waals surface area (Å²) in [5.74, 6) is 0.977. The van der Waals surface area contributed by atoms with E-state index in [0.717, 1.165) is 36.7 Å². The smallest absolute Gasteiger partial charge is 0.127 e. The molecule has 0 bridgehead atoms. The third-order valence-electron chi connectivity index (χ3n) is 3.65. The first-order valence-electron chi connectivity index (χ1n) is 7.69. The second kappa shape index (κ2) is 7.60. The molecule has 0 amide bonds. The van der Waals surface area contributed by atoms with Crippen LogP contribution in [-0.4, -0.2) is 42.2 Å². The zero-order valence-electron chi connectivity index (χ0n) is 13.0. The minimum Gasteiger partial charge on any atom is -0.492 e. The van der Waals surface area contributed by atoms with Gasteiger partial charge >= 0.3 is 0 Å². The predicted octanol–water partition coefficient (Wildman–Crippen LogP) is 2.36. The van der Waals surface area contributed by atoms with Crippen molar-refractivity contribution in [2.24, 2.45) is 0 Å². The lowest BCUT2D eigenvalue weighted by Gasteiger charge is -2.17. The highest BCUT2D eigenvalue weighted by Crippen LogP contribution is 2.19. The first-order chi connectivity index (χ1) is 9.65. The summed E-state index contributed by atoms with van der Waals surface area (Å²) in [7, 11) is 0. The SMILES string of the molecule is Cc1cc(OCCN2CCCC2)c(CNC(C)C)cn1. The Hall–Kier alpha value is -1.13. The van der Waals surface area contributed by atoms with Crippen molar-refractivity contribution in [3.8, 4) is 5.75 Å². The average Bonchev–Trinajstić information content (AvgIpc) is 2.91. The van der Waals surface area contributed by atoms with Crippen molar-refractivity contribution in [1.82, 2.24) is 15.2 Å². The van der Waals surface area contributed by atoms with Gasteiger partial charge in [-0.1, -0.05) is 13.8 Å². The molecule has 2 heterocycles. The van der Waals surface area contributed by atoms with Gasteiger partial charge in [-0.3, -0.25) is 9.88 Å². The number of aromatic nitrogens is 1. The van der Waals surface area contributed by atoms with Crippen LogP contribution in [0.4, 0.5) is 0 Å². The molecule has 0 saturated carbocycles. The Morgan fingerprint density at radius 1 is 1.35 bits per heavy atom. The van der Waals surface area contributed by atoms with Crippen molar-refractivity contribution in [3.63, 3.8) is 0 Å². The van der Waals surface area contributed by atoms with Gasteiger partial charge in [0.25, 0.3) is 0 Å². The number of aryl methyl sites for hydroxylation is 1. The maximum atomic E-state index is 5.99. The number of hydrogen-bond acceptors (Lipinski definition) is 4. The molecule has 0 aromatic carbocycles. The van der Waals surface area contributed by atoms with E-state index in [9.17, 15) is 0 Å². The number of hydrogen-bond donors (Lipinski definition) is 1. The Kier molecular flexibility index (Phi) is 5.80. The highest BCUT2D eigenvalue weighted by molar-refractivity contribution is 5.32. The van der Waals surface area contributed by atoms with E-state index in [0.29, 0.717) is 6.04 Å². The molecule has 1 fully saturated rings. The van der Waals surface area contributed by atoms with E-state index in [1.165, 1.54) is 25.9 Å². The number of rotatable bonds is 7. The van der Waals surface area contributed by atoms with Crippen LogP contribution < -0.4 is 10.1 Å². The van der Waals surface area contributed by atoms with Crippen LogP contribution in [0.2, 0.25) is 0 Å². The maximum Gasteiger partial charge on any atom is 0.127 e. The minimum atomic E-state index is 0.466. The summed E-state index contributed by atoms with van der Waals surface area (Å²) in [5.41, 5.74) is 2.15. The number of likely N-dealkylation sites (tertiary alicyclic amines) is 1. The zero-order valence-corrected chi connectivity index (χ0v) is 13.0. The van der Waals surface area contributed by atoms with E-state index in [4.69, 9.17) is 4.74 Å². The summed E-state index contributed by atoms with van der Waals surface area (Å²) in [6, 6.07) is 2.51. The molecule has 112 valence electrons. The quantitative estimate of drug-likeness (QED) is 0.830. The molecule has 1 aliphatic rings. The van der Waals surface area contributed by atoms with Crippen molar-refractivity contribution in [2.45, 2.75) is 46.2 Å². The van der Waals surface area contributed by atoms with Gasteiger partial charge in [0.15, 0.2) is 0 Å². The molecule has 1 aromatic rings. The molecule has 1 aromatic heterocycles. The Bertz CT molecular complexity index is 414. The van der Waals surface area contributed by atoms with E-state index < -0.39 is 0 Å². The lowest BCUT2D eigenvalue weighted by molar-refractivity contribution is 0.235. The largest absolute Gasteiger partial charge is 0.492 e. The molecule has 2 rings (SSSR count). The highest BCUT2D eigenvalue weighted by Gasteiger charge is 2.12. The van der Waals surface area contributed by atoms with Crippen molar-refractivity contribution in [3.05, 3.63) is 23.5 Å². The monoisotopic (exact) mass is 277 g/mol. The summed E-state index contributed by atoms with van der Waals surface area (Å²) in [6.07, 6.45) is 4.59. The Balaban J connectivity index is 1.88. The molecule has 4 nitrogen and oxygen atoms in total. The van der Waals surface area contributed by atoms with Crippen LogP contribution in [0.1, 0.15) is 37.9 Å². The lowest BCUT2D eigenvalue weighted by atomic mass is 10.2. The Morgan fingerprint density at radius 2 is 2.10 bits per heavy atom. The summed E-state index contributed by atoms with van der Waals surface area (Å²) >= 11 is 0. The third-order valence-corrected chi connectivity index (χ3v) is 3.65. The number of pyridine rings is 1. The highest BCUT2D eigenvalue weighted by atomic mass is 16.5. The lowest BCUT2D eigenvalue weighted by Crippen LogP contribution is -2.26. The Morgan fingerprint density at radius 3 is 2.80 bits per heavy atom. The normalized spacial score (nSPS) is 16.0. The van der Waals surface area contributed by atoms with Gasteiger partial charge in [0.1, 0.15) is 12.4 Å². The molecular weight excluding hydrogens is 250 g/mol. The van der Waals surface area contributed by atoms with Gasteiger partial charge in [0, 0.05) is 42.7 Å². The molecule has 0 unspecified atom stereocenters. The van der Waals surface area contributed by atoms with Crippen LogP contribution in [0, 0.1) is 6.92 Å². The molecule has 0 aliphatic carbocycles. The second-order valence-corrected chi connectivity index (χ2v) is 5.87. The molecule has 0 spiro atoms. The first-order valence-corrected chi connectivity index (χ1v) is 7.69.